The summed E-state index contributed by atoms with van der Waals surface area (Å²) in [5, 5.41) is 3.21. The van der Waals surface area contributed by atoms with Gasteiger partial charge in [0.15, 0.2) is 0 Å². The van der Waals surface area contributed by atoms with Crippen LogP contribution in [-0.4, -0.2) is 40.7 Å². The first-order valence-electron chi connectivity index (χ1n) is 8.02. The van der Waals surface area contributed by atoms with E-state index in [-0.39, 0.29) is 6.10 Å². The van der Waals surface area contributed by atoms with Crippen LogP contribution in [0.2, 0.25) is 0 Å². The van der Waals surface area contributed by atoms with Crippen molar-refractivity contribution in [3.05, 3.63) is 0 Å². The Labute approximate surface area is 128 Å². The molecule has 0 aliphatic rings. The van der Waals surface area contributed by atoms with Gasteiger partial charge in [0.2, 0.25) is 11.9 Å². The fraction of sp³-hybridized carbons (Fsp3) is 0.800. The van der Waals surface area contributed by atoms with Crippen molar-refractivity contribution in [2.45, 2.75) is 60.0 Å². The normalized spacial score (nSPS) is 10.8. The molecule has 0 spiro atoms. The number of hydrogen-bond acceptors (Lipinski definition) is 6. The summed E-state index contributed by atoms with van der Waals surface area (Å²) < 4.78 is 5.65. The lowest BCUT2D eigenvalue weighted by Gasteiger charge is -2.21. The van der Waals surface area contributed by atoms with Crippen LogP contribution in [0.1, 0.15) is 53.9 Å². The molecule has 6 nitrogen and oxygen atoms in total. The fourth-order valence-electron chi connectivity index (χ4n) is 1.82. The number of rotatable bonds is 10. The molecule has 120 valence electrons. The summed E-state index contributed by atoms with van der Waals surface area (Å²) in [5.74, 6) is 1.28. The van der Waals surface area contributed by atoms with Crippen molar-refractivity contribution in [1.29, 1.82) is 0 Å². The van der Waals surface area contributed by atoms with Gasteiger partial charge in [-0.25, -0.2) is 0 Å². The van der Waals surface area contributed by atoms with Crippen LogP contribution in [0.15, 0.2) is 0 Å². The summed E-state index contributed by atoms with van der Waals surface area (Å²) in [6.45, 7) is 13.0. The number of nitrogens with zero attached hydrogens (tertiary/aromatic N) is 4. The topological polar surface area (TPSA) is 63.2 Å². The van der Waals surface area contributed by atoms with Gasteiger partial charge in [-0.3, -0.25) is 0 Å². The van der Waals surface area contributed by atoms with Crippen molar-refractivity contribution in [3.8, 4) is 6.01 Å². The van der Waals surface area contributed by atoms with Crippen LogP contribution < -0.4 is 15.0 Å². The standard InChI is InChI=1S/C15H29N5O/c1-6-9-11-20(8-3)14-17-13(16-10-7-2)18-15(19-14)21-12(4)5/h12H,6-11H2,1-5H3,(H,16,17,18,19). The summed E-state index contributed by atoms with van der Waals surface area (Å²) in [6.07, 6.45) is 3.34. The van der Waals surface area contributed by atoms with Gasteiger partial charge >= 0.3 is 6.01 Å². The lowest BCUT2D eigenvalue weighted by molar-refractivity contribution is 0.222. The highest BCUT2D eigenvalue weighted by atomic mass is 16.5. The van der Waals surface area contributed by atoms with Gasteiger partial charge in [0, 0.05) is 19.6 Å². The van der Waals surface area contributed by atoms with Gasteiger partial charge in [-0.2, -0.15) is 15.0 Å². The number of ether oxygens (including phenoxy) is 1. The number of anilines is 2. The monoisotopic (exact) mass is 295 g/mol. The maximum atomic E-state index is 5.65. The van der Waals surface area contributed by atoms with E-state index in [1.807, 2.05) is 13.8 Å². The first-order chi connectivity index (χ1) is 10.1. The highest BCUT2D eigenvalue weighted by Crippen LogP contribution is 2.16. The fourth-order valence-corrected chi connectivity index (χ4v) is 1.82. The van der Waals surface area contributed by atoms with Crippen molar-refractivity contribution in [1.82, 2.24) is 15.0 Å². The van der Waals surface area contributed by atoms with Crippen LogP contribution in [0.25, 0.3) is 0 Å². The van der Waals surface area contributed by atoms with Gasteiger partial charge in [0.1, 0.15) is 0 Å². The lowest BCUT2D eigenvalue weighted by atomic mass is 10.3. The van der Waals surface area contributed by atoms with Gasteiger partial charge < -0.3 is 15.0 Å². The summed E-state index contributed by atoms with van der Waals surface area (Å²) in [4.78, 5) is 15.5. The molecule has 0 bridgehead atoms. The predicted octanol–water partition coefficient (Wildman–Crippen LogP) is 3.11. The molecule has 1 N–H and O–H groups in total. The highest BCUT2D eigenvalue weighted by Gasteiger charge is 2.13. The van der Waals surface area contributed by atoms with Crippen molar-refractivity contribution < 1.29 is 4.74 Å². The van der Waals surface area contributed by atoms with Crippen molar-refractivity contribution >= 4 is 11.9 Å². The third-order valence-corrected chi connectivity index (χ3v) is 2.92. The second kappa shape index (κ2) is 9.37. The molecule has 0 aliphatic carbocycles. The van der Waals surface area contributed by atoms with E-state index in [4.69, 9.17) is 4.74 Å². The third-order valence-electron chi connectivity index (χ3n) is 2.92. The smallest absolute Gasteiger partial charge is 0.323 e. The summed E-state index contributed by atoms with van der Waals surface area (Å²) in [7, 11) is 0. The van der Waals surface area contributed by atoms with E-state index in [1.54, 1.807) is 0 Å². The molecule has 0 atom stereocenters. The number of aromatic nitrogens is 3. The minimum Gasteiger partial charge on any atom is -0.461 e. The minimum absolute atomic E-state index is 0.0463. The molecule has 0 aromatic carbocycles. The van der Waals surface area contributed by atoms with Crippen LogP contribution in [0, 0.1) is 0 Å². The summed E-state index contributed by atoms with van der Waals surface area (Å²) in [6, 6.07) is 0.392. The number of nitrogens with one attached hydrogen (secondary N) is 1. The Morgan fingerprint density at radius 1 is 1.10 bits per heavy atom. The van der Waals surface area contributed by atoms with Crippen molar-refractivity contribution in [3.63, 3.8) is 0 Å². The number of hydrogen-bond donors (Lipinski definition) is 1. The molecule has 21 heavy (non-hydrogen) atoms. The zero-order chi connectivity index (χ0) is 15.7. The quantitative estimate of drug-likeness (QED) is 0.715. The van der Waals surface area contributed by atoms with Gasteiger partial charge in [0.05, 0.1) is 6.10 Å². The van der Waals surface area contributed by atoms with E-state index in [1.165, 1.54) is 0 Å². The Balaban J connectivity index is 2.97. The van der Waals surface area contributed by atoms with Gasteiger partial charge in [-0.15, -0.1) is 0 Å². The van der Waals surface area contributed by atoms with Crippen LogP contribution in [-0.2, 0) is 0 Å². The van der Waals surface area contributed by atoms with Gasteiger partial charge in [-0.1, -0.05) is 20.3 Å². The predicted molar refractivity (Wildman–Crippen MR) is 87.2 cm³/mol. The van der Waals surface area contributed by atoms with Gasteiger partial charge in [0.25, 0.3) is 0 Å². The summed E-state index contributed by atoms with van der Waals surface area (Å²) in [5.41, 5.74) is 0. The molecule has 1 rings (SSSR count). The number of unbranched alkanes of at least 4 members (excludes halogenated alkanes) is 1. The summed E-state index contributed by atoms with van der Waals surface area (Å²) >= 11 is 0. The molecule has 1 aromatic heterocycles. The van der Waals surface area contributed by atoms with Crippen LogP contribution in [0.3, 0.4) is 0 Å². The SMILES string of the molecule is CCCCN(CC)c1nc(NCCC)nc(OC(C)C)n1. The molecule has 0 radical (unpaired) electrons. The third kappa shape index (κ3) is 6.14. The Kier molecular flexibility index (Phi) is 7.79. The second-order valence-corrected chi connectivity index (χ2v) is 5.27. The van der Waals surface area contributed by atoms with Crippen LogP contribution in [0.4, 0.5) is 11.9 Å². The Morgan fingerprint density at radius 3 is 2.43 bits per heavy atom. The Bertz CT molecular complexity index is 411. The molecule has 0 unspecified atom stereocenters. The zero-order valence-electron chi connectivity index (χ0n) is 14.0. The minimum atomic E-state index is 0.0463. The molecule has 0 saturated heterocycles. The average molecular weight is 295 g/mol. The van der Waals surface area contributed by atoms with Crippen molar-refractivity contribution in [2.24, 2.45) is 0 Å². The van der Waals surface area contributed by atoms with Crippen LogP contribution >= 0.6 is 0 Å². The largest absolute Gasteiger partial charge is 0.461 e. The molecule has 0 fully saturated rings. The lowest BCUT2D eigenvalue weighted by Crippen LogP contribution is -2.27. The molecule has 0 amide bonds. The maximum Gasteiger partial charge on any atom is 0.323 e. The Hall–Kier alpha value is -1.59. The average Bonchev–Trinajstić information content (AvgIpc) is 2.45. The zero-order valence-corrected chi connectivity index (χ0v) is 14.0. The van der Waals surface area contributed by atoms with E-state index >= 15 is 0 Å². The first-order valence-corrected chi connectivity index (χ1v) is 8.02. The molecule has 1 aromatic rings. The first kappa shape index (κ1) is 17.5. The van der Waals surface area contributed by atoms with Gasteiger partial charge in [-0.05, 0) is 33.6 Å². The van der Waals surface area contributed by atoms with E-state index in [0.29, 0.717) is 17.9 Å². The Morgan fingerprint density at radius 2 is 1.86 bits per heavy atom. The molecular weight excluding hydrogens is 266 g/mol. The highest BCUT2D eigenvalue weighted by molar-refractivity contribution is 5.38. The molecule has 0 aliphatic heterocycles. The molecule has 0 saturated carbocycles. The van der Waals surface area contributed by atoms with E-state index < -0.39 is 0 Å². The molecular formula is C15H29N5O. The maximum absolute atomic E-state index is 5.65. The molecule has 1 heterocycles. The van der Waals surface area contributed by atoms with E-state index in [9.17, 15) is 0 Å². The second-order valence-electron chi connectivity index (χ2n) is 5.27. The molecule has 6 heteroatoms. The van der Waals surface area contributed by atoms with E-state index in [2.05, 4.69) is 45.9 Å². The van der Waals surface area contributed by atoms with Crippen molar-refractivity contribution in [2.75, 3.05) is 29.9 Å². The van der Waals surface area contributed by atoms with E-state index in [0.717, 1.165) is 38.9 Å². The van der Waals surface area contributed by atoms with Crippen LogP contribution in [0.5, 0.6) is 6.01 Å².